The van der Waals surface area contributed by atoms with Gasteiger partial charge in [-0.1, -0.05) is 60.7 Å². The Bertz CT molecular complexity index is 812. The molecule has 0 radical (unpaired) electrons. The molecule has 0 saturated heterocycles. The molecule has 0 spiro atoms. The first-order valence-electron chi connectivity index (χ1n) is 9.08. The van der Waals surface area contributed by atoms with Crippen LogP contribution in [0.25, 0.3) is 0 Å². The molecule has 2 rings (SSSR count). The molecule has 0 heterocycles. The SMILES string of the molecule is N[C@@H](CC(OCc1ccccc1)C(=O)O)C(=O)N[C@@H](Cc1ccccc1)C(=O)O. The molecule has 3 atom stereocenters. The number of nitrogens with one attached hydrogen (secondary N) is 1. The lowest BCUT2D eigenvalue weighted by Gasteiger charge is -2.20. The summed E-state index contributed by atoms with van der Waals surface area (Å²) in [7, 11) is 0. The number of nitrogens with two attached hydrogens (primary N) is 1. The van der Waals surface area contributed by atoms with Gasteiger partial charge in [0, 0.05) is 12.8 Å². The fourth-order valence-electron chi connectivity index (χ4n) is 2.68. The van der Waals surface area contributed by atoms with Gasteiger partial charge in [-0.25, -0.2) is 9.59 Å². The number of carboxylic acids is 2. The highest BCUT2D eigenvalue weighted by Crippen LogP contribution is 2.09. The molecule has 0 saturated carbocycles. The van der Waals surface area contributed by atoms with Crippen LogP contribution in [0.3, 0.4) is 0 Å². The molecule has 5 N–H and O–H groups in total. The number of amides is 1. The number of carbonyl (C=O) groups excluding carboxylic acids is 1. The van der Waals surface area contributed by atoms with E-state index in [1.165, 1.54) is 0 Å². The molecule has 0 fully saturated rings. The second kappa shape index (κ2) is 10.9. The van der Waals surface area contributed by atoms with Crippen molar-refractivity contribution in [2.75, 3.05) is 0 Å². The molecule has 2 aromatic rings. The third-order valence-electron chi connectivity index (χ3n) is 4.27. The highest BCUT2D eigenvalue weighted by Gasteiger charge is 2.28. The summed E-state index contributed by atoms with van der Waals surface area (Å²) in [4.78, 5) is 35.3. The maximum absolute atomic E-state index is 12.3. The quantitative estimate of drug-likeness (QED) is 0.444. The average molecular weight is 400 g/mol. The number of carboxylic acid groups (broad SMARTS) is 2. The minimum Gasteiger partial charge on any atom is -0.480 e. The first kappa shape index (κ1) is 22.1. The minimum atomic E-state index is -1.30. The van der Waals surface area contributed by atoms with E-state index in [4.69, 9.17) is 10.5 Å². The molecule has 0 aliphatic carbocycles. The smallest absolute Gasteiger partial charge is 0.332 e. The minimum absolute atomic E-state index is 0.0535. The monoisotopic (exact) mass is 400 g/mol. The second-order valence-electron chi connectivity index (χ2n) is 6.55. The van der Waals surface area contributed by atoms with Crippen molar-refractivity contribution in [3.05, 3.63) is 71.8 Å². The van der Waals surface area contributed by atoms with Crippen LogP contribution < -0.4 is 11.1 Å². The fourth-order valence-corrected chi connectivity index (χ4v) is 2.68. The highest BCUT2D eigenvalue weighted by molar-refractivity contribution is 5.87. The lowest BCUT2D eigenvalue weighted by molar-refractivity contribution is -0.152. The van der Waals surface area contributed by atoms with Crippen LogP contribution in [0.1, 0.15) is 17.5 Å². The van der Waals surface area contributed by atoms with Crippen LogP contribution in [0, 0.1) is 0 Å². The van der Waals surface area contributed by atoms with Gasteiger partial charge in [0.1, 0.15) is 6.04 Å². The van der Waals surface area contributed by atoms with E-state index in [1.807, 2.05) is 6.07 Å². The summed E-state index contributed by atoms with van der Waals surface area (Å²) in [5, 5.41) is 21.1. The Labute approximate surface area is 168 Å². The van der Waals surface area contributed by atoms with Crippen LogP contribution >= 0.6 is 0 Å². The fraction of sp³-hybridized carbons (Fsp3) is 0.286. The summed E-state index contributed by atoms with van der Waals surface area (Å²) in [6.45, 7) is 0.0535. The van der Waals surface area contributed by atoms with Crippen LogP contribution in [-0.2, 0) is 32.1 Å². The van der Waals surface area contributed by atoms with Crippen LogP contribution in [0.15, 0.2) is 60.7 Å². The van der Waals surface area contributed by atoms with Crippen LogP contribution in [0.4, 0.5) is 0 Å². The van der Waals surface area contributed by atoms with E-state index >= 15 is 0 Å². The standard InChI is InChI=1S/C21H24N2O6/c22-16(12-18(21(27)28)29-13-15-9-5-2-6-10-15)19(24)23-17(20(25)26)11-14-7-3-1-4-8-14/h1-10,16-18H,11-13,22H2,(H,23,24)(H,25,26)(H,27,28)/t16-,17-,18?/m0/s1. The molecule has 0 bridgehead atoms. The van der Waals surface area contributed by atoms with E-state index in [0.29, 0.717) is 0 Å². The molecule has 1 unspecified atom stereocenters. The number of hydrogen-bond acceptors (Lipinski definition) is 5. The summed E-state index contributed by atoms with van der Waals surface area (Å²) in [6, 6.07) is 15.4. The molecule has 2 aromatic carbocycles. The maximum Gasteiger partial charge on any atom is 0.332 e. The Morgan fingerprint density at radius 3 is 1.97 bits per heavy atom. The maximum atomic E-state index is 12.3. The third kappa shape index (κ3) is 7.36. The van der Waals surface area contributed by atoms with Gasteiger partial charge in [-0.15, -0.1) is 0 Å². The Morgan fingerprint density at radius 2 is 1.45 bits per heavy atom. The highest BCUT2D eigenvalue weighted by atomic mass is 16.5. The van der Waals surface area contributed by atoms with Crippen LogP contribution in [-0.4, -0.2) is 46.2 Å². The molecule has 0 aliphatic heterocycles. The van der Waals surface area contributed by atoms with Crippen molar-refractivity contribution in [3.63, 3.8) is 0 Å². The average Bonchev–Trinajstić information content (AvgIpc) is 2.71. The van der Waals surface area contributed by atoms with E-state index in [-0.39, 0.29) is 19.4 Å². The van der Waals surface area contributed by atoms with E-state index in [9.17, 15) is 24.6 Å². The molecule has 0 aromatic heterocycles. The molecule has 8 nitrogen and oxygen atoms in total. The summed E-state index contributed by atoms with van der Waals surface area (Å²) < 4.78 is 5.38. The number of rotatable bonds is 11. The summed E-state index contributed by atoms with van der Waals surface area (Å²) in [6.07, 6.45) is -1.50. The van der Waals surface area contributed by atoms with Gasteiger partial charge < -0.3 is 26.0 Å². The summed E-state index contributed by atoms with van der Waals surface area (Å²) >= 11 is 0. The molecule has 29 heavy (non-hydrogen) atoms. The molecule has 8 heteroatoms. The topological polar surface area (TPSA) is 139 Å². The molecular formula is C21H24N2O6. The van der Waals surface area contributed by atoms with E-state index in [0.717, 1.165) is 11.1 Å². The van der Waals surface area contributed by atoms with Gasteiger partial charge >= 0.3 is 11.9 Å². The van der Waals surface area contributed by atoms with Crippen molar-refractivity contribution >= 4 is 17.8 Å². The zero-order chi connectivity index (χ0) is 21.2. The van der Waals surface area contributed by atoms with Crippen molar-refractivity contribution in [3.8, 4) is 0 Å². The van der Waals surface area contributed by atoms with Crippen molar-refractivity contribution in [1.82, 2.24) is 5.32 Å². The number of ether oxygens (including phenoxy) is 1. The predicted molar refractivity (Wildman–Crippen MR) is 105 cm³/mol. The summed E-state index contributed by atoms with van der Waals surface area (Å²) in [5.74, 6) is -3.20. The van der Waals surface area contributed by atoms with Gasteiger partial charge in [0.15, 0.2) is 6.10 Å². The Hall–Kier alpha value is -3.23. The second-order valence-corrected chi connectivity index (χ2v) is 6.55. The normalized spacial score (nSPS) is 13.8. The first-order valence-corrected chi connectivity index (χ1v) is 9.08. The van der Waals surface area contributed by atoms with Crippen molar-refractivity contribution in [1.29, 1.82) is 0 Å². The Morgan fingerprint density at radius 1 is 0.897 bits per heavy atom. The lowest BCUT2D eigenvalue weighted by Crippen LogP contribution is -2.50. The zero-order valence-electron chi connectivity index (χ0n) is 15.7. The first-order chi connectivity index (χ1) is 13.9. The van der Waals surface area contributed by atoms with Gasteiger partial charge in [0.25, 0.3) is 0 Å². The van der Waals surface area contributed by atoms with E-state index < -0.39 is 36.0 Å². The van der Waals surface area contributed by atoms with Crippen molar-refractivity contribution in [2.24, 2.45) is 5.73 Å². The molecule has 154 valence electrons. The number of benzene rings is 2. The lowest BCUT2D eigenvalue weighted by atomic mass is 10.0. The van der Waals surface area contributed by atoms with E-state index in [2.05, 4.69) is 5.32 Å². The van der Waals surface area contributed by atoms with Gasteiger partial charge in [0.05, 0.1) is 12.6 Å². The Balaban J connectivity index is 1.93. The largest absolute Gasteiger partial charge is 0.480 e. The Kier molecular flexibility index (Phi) is 8.32. The van der Waals surface area contributed by atoms with E-state index in [1.54, 1.807) is 54.6 Å². The number of hydrogen-bond donors (Lipinski definition) is 4. The molecule has 0 aliphatic rings. The van der Waals surface area contributed by atoms with Crippen LogP contribution in [0.5, 0.6) is 0 Å². The molecular weight excluding hydrogens is 376 g/mol. The van der Waals surface area contributed by atoms with Crippen LogP contribution in [0.2, 0.25) is 0 Å². The van der Waals surface area contributed by atoms with Gasteiger partial charge in [-0.2, -0.15) is 0 Å². The van der Waals surface area contributed by atoms with Crippen molar-refractivity contribution < 1.29 is 29.3 Å². The number of carbonyl (C=O) groups is 3. The third-order valence-corrected chi connectivity index (χ3v) is 4.27. The zero-order valence-corrected chi connectivity index (χ0v) is 15.7. The van der Waals surface area contributed by atoms with Gasteiger partial charge in [0.2, 0.25) is 5.91 Å². The van der Waals surface area contributed by atoms with Gasteiger partial charge in [-0.05, 0) is 11.1 Å². The summed E-state index contributed by atoms with van der Waals surface area (Å²) in [5.41, 5.74) is 7.34. The van der Waals surface area contributed by atoms with Crippen molar-refractivity contribution in [2.45, 2.75) is 37.6 Å². The number of aliphatic carboxylic acids is 2. The predicted octanol–water partition coefficient (Wildman–Crippen LogP) is 1.19. The van der Waals surface area contributed by atoms with Gasteiger partial charge in [-0.3, -0.25) is 4.79 Å². The molecule has 1 amide bonds.